The highest BCUT2D eigenvalue weighted by Gasteiger charge is 2.28. The van der Waals surface area contributed by atoms with Crippen molar-refractivity contribution in [2.45, 2.75) is 38.3 Å². The topological polar surface area (TPSA) is 21.3 Å². The Morgan fingerprint density at radius 1 is 1.35 bits per heavy atom. The normalized spacial score (nSPS) is 23.4. The third kappa shape index (κ3) is 3.70. The largest absolute Gasteiger partial charge is 0.381 e. The molecule has 0 spiro atoms. The summed E-state index contributed by atoms with van der Waals surface area (Å²) in [6.45, 7) is 5.13. The zero-order valence-corrected chi connectivity index (χ0v) is 13.3. The van der Waals surface area contributed by atoms with E-state index in [1.54, 1.807) is 0 Å². The van der Waals surface area contributed by atoms with Gasteiger partial charge in [-0.05, 0) is 60.8 Å². The second-order valence-corrected chi connectivity index (χ2v) is 6.84. The first kappa shape index (κ1) is 13.4. The highest BCUT2D eigenvalue weighted by Crippen LogP contribution is 2.30. The van der Waals surface area contributed by atoms with Crippen LogP contribution in [-0.2, 0) is 4.74 Å². The molecule has 1 fully saturated rings. The van der Waals surface area contributed by atoms with Gasteiger partial charge in [0, 0.05) is 27.3 Å². The van der Waals surface area contributed by atoms with Crippen molar-refractivity contribution >= 4 is 37.5 Å². The molecular formula is C13H17Br2NO. The molecular weight excluding hydrogens is 346 g/mol. The Kier molecular flexibility index (Phi) is 4.16. The van der Waals surface area contributed by atoms with E-state index in [0.29, 0.717) is 6.04 Å². The van der Waals surface area contributed by atoms with Gasteiger partial charge in [0.15, 0.2) is 0 Å². The van der Waals surface area contributed by atoms with Crippen LogP contribution in [0.5, 0.6) is 0 Å². The molecule has 0 radical (unpaired) electrons. The lowest BCUT2D eigenvalue weighted by Gasteiger charge is -2.36. The van der Waals surface area contributed by atoms with Gasteiger partial charge in [-0.15, -0.1) is 0 Å². The van der Waals surface area contributed by atoms with Crippen molar-refractivity contribution in [2.24, 2.45) is 0 Å². The average molecular weight is 363 g/mol. The van der Waals surface area contributed by atoms with Crippen LogP contribution >= 0.6 is 31.9 Å². The summed E-state index contributed by atoms with van der Waals surface area (Å²) in [4.78, 5) is 0. The SMILES string of the molecule is CC1(C)CC(Nc2ccc(Br)cc2Br)CCO1. The van der Waals surface area contributed by atoms with Crippen LogP contribution in [0.1, 0.15) is 26.7 Å². The minimum absolute atomic E-state index is 0.0161. The molecule has 1 atom stereocenters. The lowest BCUT2D eigenvalue weighted by atomic mass is 9.94. The van der Waals surface area contributed by atoms with Crippen molar-refractivity contribution in [1.82, 2.24) is 0 Å². The van der Waals surface area contributed by atoms with Crippen LogP contribution in [0.15, 0.2) is 27.1 Å². The van der Waals surface area contributed by atoms with Crippen molar-refractivity contribution < 1.29 is 4.74 Å². The quantitative estimate of drug-likeness (QED) is 0.831. The lowest BCUT2D eigenvalue weighted by Crippen LogP contribution is -2.40. The Bertz CT molecular complexity index is 406. The van der Waals surface area contributed by atoms with E-state index in [-0.39, 0.29) is 5.60 Å². The standard InChI is InChI=1S/C13H17Br2NO/c1-13(2)8-10(5-6-17-13)16-12-4-3-9(14)7-11(12)15/h3-4,7,10,16H,5-6,8H2,1-2H3. The molecule has 1 N–H and O–H groups in total. The van der Waals surface area contributed by atoms with E-state index in [0.717, 1.165) is 34.1 Å². The van der Waals surface area contributed by atoms with Crippen LogP contribution in [0.4, 0.5) is 5.69 Å². The Morgan fingerprint density at radius 2 is 2.12 bits per heavy atom. The summed E-state index contributed by atoms with van der Waals surface area (Å²) in [5.74, 6) is 0. The van der Waals surface area contributed by atoms with Crippen molar-refractivity contribution in [1.29, 1.82) is 0 Å². The number of hydrogen-bond acceptors (Lipinski definition) is 2. The minimum Gasteiger partial charge on any atom is -0.381 e. The van der Waals surface area contributed by atoms with E-state index in [1.807, 2.05) is 0 Å². The minimum atomic E-state index is -0.0161. The first-order chi connectivity index (χ1) is 7.96. The molecule has 2 nitrogen and oxygen atoms in total. The fraction of sp³-hybridized carbons (Fsp3) is 0.538. The van der Waals surface area contributed by atoms with Gasteiger partial charge < -0.3 is 10.1 Å². The van der Waals surface area contributed by atoms with Crippen molar-refractivity contribution in [3.63, 3.8) is 0 Å². The van der Waals surface area contributed by atoms with Crippen molar-refractivity contribution in [2.75, 3.05) is 11.9 Å². The van der Waals surface area contributed by atoms with E-state index in [4.69, 9.17) is 4.74 Å². The maximum atomic E-state index is 5.72. The molecule has 1 aromatic carbocycles. The molecule has 1 aliphatic heterocycles. The second-order valence-electron chi connectivity index (χ2n) is 5.07. The van der Waals surface area contributed by atoms with Crippen LogP contribution in [-0.4, -0.2) is 18.2 Å². The van der Waals surface area contributed by atoms with Crippen LogP contribution in [0, 0.1) is 0 Å². The van der Waals surface area contributed by atoms with Gasteiger partial charge in [0.1, 0.15) is 0 Å². The number of nitrogens with one attached hydrogen (secondary N) is 1. The van der Waals surface area contributed by atoms with Gasteiger partial charge in [-0.1, -0.05) is 15.9 Å². The summed E-state index contributed by atoms with van der Waals surface area (Å²) in [5, 5.41) is 3.58. The monoisotopic (exact) mass is 361 g/mol. The van der Waals surface area contributed by atoms with Crippen LogP contribution in [0.2, 0.25) is 0 Å². The average Bonchev–Trinajstić information content (AvgIpc) is 2.21. The third-order valence-corrected chi connectivity index (χ3v) is 4.14. The maximum absolute atomic E-state index is 5.72. The van der Waals surface area contributed by atoms with Gasteiger partial charge in [0.05, 0.1) is 5.60 Å². The van der Waals surface area contributed by atoms with Gasteiger partial charge in [0.2, 0.25) is 0 Å². The van der Waals surface area contributed by atoms with E-state index in [1.165, 1.54) is 0 Å². The van der Waals surface area contributed by atoms with Gasteiger partial charge in [-0.25, -0.2) is 0 Å². The summed E-state index contributed by atoms with van der Waals surface area (Å²) >= 11 is 7.04. The maximum Gasteiger partial charge on any atom is 0.0646 e. The highest BCUT2D eigenvalue weighted by molar-refractivity contribution is 9.11. The first-order valence-corrected chi connectivity index (χ1v) is 7.40. The van der Waals surface area contributed by atoms with Gasteiger partial charge in [-0.3, -0.25) is 0 Å². The summed E-state index contributed by atoms with van der Waals surface area (Å²) in [5.41, 5.74) is 1.13. The lowest BCUT2D eigenvalue weighted by molar-refractivity contribution is -0.0553. The molecule has 4 heteroatoms. The molecule has 0 bridgehead atoms. The Balaban J connectivity index is 2.05. The molecule has 2 rings (SSSR count). The fourth-order valence-corrected chi connectivity index (χ4v) is 3.34. The Labute approximate surface area is 119 Å². The van der Waals surface area contributed by atoms with E-state index >= 15 is 0 Å². The van der Waals surface area contributed by atoms with Crippen LogP contribution in [0.3, 0.4) is 0 Å². The van der Waals surface area contributed by atoms with Crippen LogP contribution in [0.25, 0.3) is 0 Å². The Morgan fingerprint density at radius 3 is 2.76 bits per heavy atom. The number of ether oxygens (including phenoxy) is 1. The molecule has 1 saturated heterocycles. The van der Waals surface area contributed by atoms with E-state index < -0.39 is 0 Å². The first-order valence-electron chi connectivity index (χ1n) is 5.82. The second kappa shape index (κ2) is 5.29. The van der Waals surface area contributed by atoms with Gasteiger partial charge in [0.25, 0.3) is 0 Å². The molecule has 0 aliphatic carbocycles. The van der Waals surface area contributed by atoms with Gasteiger partial charge >= 0.3 is 0 Å². The molecule has 1 unspecified atom stereocenters. The number of benzene rings is 1. The zero-order valence-electron chi connectivity index (χ0n) is 10.1. The number of halogens is 2. The molecule has 1 heterocycles. The predicted molar refractivity (Wildman–Crippen MR) is 78.5 cm³/mol. The number of anilines is 1. The fourth-order valence-electron chi connectivity index (χ4n) is 2.18. The number of hydrogen-bond donors (Lipinski definition) is 1. The molecule has 1 aromatic rings. The number of rotatable bonds is 2. The smallest absolute Gasteiger partial charge is 0.0646 e. The van der Waals surface area contributed by atoms with E-state index in [2.05, 4.69) is 69.2 Å². The highest BCUT2D eigenvalue weighted by atomic mass is 79.9. The van der Waals surface area contributed by atoms with Gasteiger partial charge in [-0.2, -0.15) is 0 Å². The predicted octanol–water partition coefficient (Wildman–Crippen LogP) is 4.58. The summed E-state index contributed by atoms with van der Waals surface area (Å²) in [6, 6.07) is 6.69. The van der Waals surface area contributed by atoms with Crippen molar-refractivity contribution in [3.8, 4) is 0 Å². The molecule has 1 aliphatic rings. The Hall–Kier alpha value is -0.0600. The zero-order chi connectivity index (χ0) is 12.5. The summed E-state index contributed by atoms with van der Waals surface area (Å²) in [7, 11) is 0. The molecule has 94 valence electrons. The summed E-state index contributed by atoms with van der Waals surface area (Å²) in [6.07, 6.45) is 2.10. The summed E-state index contributed by atoms with van der Waals surface area (Å²) < 4.78 is 7.90. The molecule has 0 aromatic heterocycles. The molecule has 0 saturated carbocycles. The molecule has 0 amide bonds. The van der Waals surface area contributed by atoms with Crippen LogP contribution < -0.4 is 5.32 Å². The van der Waals surface area contributed by atoms with Crippen molar-refractivity contribution in [3.05, 3.63) is 27.1 Å². The third-order valence-electron chi connectivity index (χ3n) is 2.99. The van der Waals surface area contributed by atoms with E-state index in [9.17, 15) is 0 Å². The molecule has 17 heavy (non-hydrogen) atoms.